The molecule has 2 N–H and O–H groups in total. The van der Waals surface area contributed by atoms with E-state index < -0.39 is 11.5 Å². The van der Waals surface area contributed by atoms with Crippen LogP contribution in [0.2, 0.25) is 0 Å². The van der Waals surface area contributed by atoms with Crippen molar-refractivity contribution < 1.29 is 19.1 Å². The van der Waals surface area contributed by atoms with Gasteiger partial charge in [-0.1, -0.05) is 0 Å². The zero-order chi connectivity index (χ0) is 14.5. The molecule has 0 aliphatic carbocycles. The van der Waals surface area contributed by atoms with Crippen LogP contribution in [0.15, 0.2) is 22.8 Å². The van der Waals surface area contributed by atoms with Crippen molar-refractivity contribution in [1.82, 2.24) is 10.2 Å². The van der Waals surface area contributed by atoms with Gasteiger partial charge in [0.2, 0.25) is 0 Å². The topological polar surface area (TPSA) is 82.8 Å². The molecule has 0 aliphatic heterocycles. The van der Waals surface area contributed by atoms with Gasteiger partial charge in [0, 0.05) is 19.0 Å². The summed E-state index contributed by atoms with van der Waals surface area (Å²) in [6, 6.07) is 3.30. The Labute approximate surface area is 112 Å². The Morgan fingerprint density at radius 1 is 1.47 bits per heavy atom. The summed E-state index contributed by atoms with van der Waals surface area (Å²) < 4.78 is 5.16. The first-order valence-corrected chi connectivity index (χ1v) is 6.07. The molecule has 0 aliphatic rings. The van der Waals surface area contributed by atoms with Gasteiger partial charge >= 0.3 is 12.0 Å². The van der Waals surface area contributed by atoms with E-state index in [9.17, 15) is 9.59 Å². The van der Waals surface area contributed by atoms with Crippen LogP contribution in [0.3, 0.4) is 0 Å². The SMILES string of the molecule is CN(Cc1ccco1)C(=O)NC(C)(C)CCC(=O)O. The number of hydrogen-bond acceptors (Lipinski definition) is 3. The highest BCUT2D eigenvalue weighted by Crippen LogP contribution is 2.12. The number of furan rings is 1. The third kappa shape index (κ3) is 5.46. The van der Waals surface area contributed by atoms with Crippen molar-refractivity contribution >= 4 is 12.0 Å². The smallest absolute Gasteiger partial charge is 0.317 e. The van der Waals surface area contributed by atoms with Crippen molar-refractivity contribution in [2.45, 2.75) is 38.8 Å². The van der Waals surface area contributed by atoms with Crippen LogP contribution in [-0.2, 0) is 11.3 Å². The Hall–Kier alpha value is -1.98. The highest BCUT2D eigenvalue weighted by atomic mass is 16.4. The first kappa shape index (κ1) is 15.1. The van der Waals surface area contributed by atoms with Gasteiger partial charge in [0.15, 0.2) is 0 Å². The maximum atomic E-state index is 12.0. The molecule has 0 unspecified atom stereocenters. The van der Waals surface area contributed by atoms with Crippen molar-refractivity contribution in [3.63, 3.8) is 0 Å². The number of amides is 2. The van der Waals surface area contributed by atoms with Crippen LogP contribution in [0.1, 0.15) is 32.4 Å². The molecular formula is C13H20N2O4. The number of hydrogen-bond donors (Lipinski definition) is 2. The number of urea groups is 1. The zero-order valence-corrected chi connectivity index (χ0v) is 11.5. The number of carbonyl (C=O) groups excluding carboxylic acids is 1. The number of carbonyl (C=O) groups is 2. The highest BCUT2D eigenvalue weighted by Gasteiger charge is 2.23. The molecule has 1 rings (SSSR count). The van der Waals surface area contributed by atoms with E-state index in [0.29, 0.717) is 18.7 Å². The molecule has 0 fully saturated rings. The average molecular weight is 268 g/mol. The summed E-state index contributed by atoms with van der Waals surface area (Å²) >= 11 is 0. The zero-order valence-electron chi connectivity index (χ0n) is 11.5. The fraction of sp³-hybridized carbons (Fsp3) is 0.538. The maximum absolute atomic E-state index is 12.0. The first-order chi connectivity index (χ1) is 8.80. The molecule has 0 atom stereocenters. The fourth-order valence-electron chi connectivity index (χ4n) is 1.57. The van der Waals surface area contributed by atoms with Crippen LogP contribution in [0.25, 0.3) is 0 Å². The second-order valence-corrected chi connectivity index (χ2v) is 5.14. The molecule has 0 bridgehead atoms. The Bertz CT molecular complexity index is 426. The predicted octanol–water partition coefficient (Wildman–Crippen LogP) is 2.06. The van der Waals surface area contributed by atoms with Crippen LogP contribution >= 0.6 is 0 Å². The quantitative estimate of drug-likeness (QED) is 0.827. The third-order valence-electron chi connectivity index (χ3n) is 2.73. The molecule has 0 saturated carbocycles. The molecule has 0 radical (unpaired) electrons. The maximum Gasteiger partial charge on any atom is 0.317 e. The summed E-state index contributed by atoms with van der Waals surface area (Å²) in [6.45, 7) is 3.97. The fourth-order valence-corrected chi connectivity index (χ4v) is 1.57. The van der Waals surface area contributed by atoms with Crippen molar-refractivity contribution in [2.75, 3.05) is 7.05 Å². The van der Waals surface area contributed by atoms with Crippen molar-refractivity contribution in [1.29, 1.82) is 0 Å². The van der Waals surface area contributed by atoms with Gasteiger partial charge in [0.1, 0.15) is 5.76 Å². The summed E-state index contributed by atoms with van der Waals surface area (Å²) in [4.78, 5) is 24.0. The molecule has 2 amide bonds. The number of nitrogens with one attached hydrogen (secondary N) is 1. The molecule has 1 aromatic rings. The Kier molecular flexibility index (Phi) is 4.97. The summed E-state index contributed by atoms with van der Waals surface area (Å²) in [5.74, 6) is -0.174. The number of rotatable bonds is 6. The van der Waals surface area contributed by atoms with Crippen LogP contribution < -0.4 is 5.32 Å². The standard InChI is InChI=1S/C13H20N2O4/c1-13(2,7-6-11(16)17)14-12(18)15(3)9-10-5-4-8-19-10/h4-5,8H,6-7,9H2,1-3H3,(H,14,18)(H,16,17). The van der Waals surface area contributed by atoms with E-state index in [1.54, 1.807) is 39.3 Å². The van der Waals surface area contributed by atoms with E-state index in [1.807, 2.05) is 0 Å². The monoisotopic (exact) mass is 268 g/mol. The molecule has 0 aromatic carbocycles. The molecule has 1 heterocycles. The number of aliphatic carboxylic acids is 1. The molecule has 0 saturated heterocycles. The van der Waals surface area contributed by atoms with E-state index in [2.05, 4.69) is 5.32 Å². The molecule has 6 nitrogen and oxygen atoms in total. The van der Waals surface area contributed by atoms with Gasteiger partial charge in [-0.25, -0.2) is 4.79 Å². The van der Waals surface area contributed by atoms with Crippen molar-refractivity contribution in [3.8, 4) is 0 Å². The van der Waals surface area contributed by atoms with E-state index in [0.717, 1.165) is 0 Å². The van der Waals surface area contributed by atoms with Gasteiger partial charge in [0.05, 0.1) is 12.8 Å². The third-order valence-corrected chi connectivity index (χ3v) is 2.73. The largest absolute Gasteiger partial charge is 0.481 e. The summed E-state index contributed by atoms with van der Waals surface area (Å²) in [5.41, 5.74) is -0.563. The van der Waals surface area contributed by atoms with Gasteiger partial charge in [-0.3, -0.25) is 4.79 Å². The van der Waals surface area contributed by atoms with E-state index >= 15 is 0 Å². The lowest BCUT2D eigenvalue weighted by atomic mass is 9.99. The lowest BCUT2D eigenvalue weighted by molar-refractivity contribution is -0.137. The van der Waals surface area contributed by atoms with E-state index in [1.165, 1.54) is 4.90 Å². The van der Waals surface area contributed by atoms with E-state index in [4.69, 9.17) is 9.52 Å². The molecule has 6 heteroatoms. The van der Waals surface area contributed by atoms with Gasteiger partial charge in [-0.15, -0.1) is 0 Å². The molecular weight excluding hydrogens is 248 g/mol. The Morgan fingerprint density at radius 3 is 2.68 bits per heavy atom. The van der Waals surface area contributed by atoms with Crippen LogP contribution in [0.4, 0.5) is 4.79 Å². The minimum Gasteiger partial charge on any atom is -0.481 e. The lowest BCUT2D eigenvalue weighted by Gasteiger charge is -2.28. The summed E-state index contributed by atoms with van der Waals surface area (Å²) in [6.07, 6.45) is 1.95. The van der Waals surface area contributed by atoms with E-state index in [-0.39, 0.29) is 12.5 Å². The molecule has 106 valence electrons. The summed E-state index contributed by atoms with van der Waals surface area (Å²) in [7, 11) is 1.66. The second kappa shape index (κ2) is 6.26. The lowest BCUT2D eigenvalue weighted by Crippen LogP contribution is -2.48. The number of nitrogens with zero attached hydrogens (tertiary/aromatic N) is 1. The van der Waals surface area contributed by atoms with Gasteiger partial charge in [0.25, 0.3) is 0 Å². The highest BCUT2D eigenvalue weighted by molar-refractivity contribution is 5.74. The summed E-state index contributed by atoms with van der Waals surface area (Å²) in [5, 5.41) is 11.5. The van der Waals surface area contributed by atoms with Gasteiger partial charge in [-0.05, 0) is 32.4 Å². The van der Waals surface area contributed by atoms with Gasteiger partial charge < -0.3 is 19.7 Å². The van der Waals surface area contributed by atoms with Crippen molar-refractivity contribution in [2.24, 2.45) is 0 Å². The second-order valence-electron chi connectivity index (χ2n) is 5.14. The predicted molar refractivity (Wildman–Crippen MR) is 69.7 cm³/mol. The van der Waals surface area contributed by atoms with Crippen LogP contribution in [-0.4, -0.2) is 34.6 Å². The minimum absolute atomic E-state index is 0.0230. The Balaban J connectivity index is 2.46. The average Bonchev–Trinajstić information content (AvgIpc) is 2.78. The minimum atomic E-state index is -0.869. The van der Waals surface area contributed by atoms with Crippen LogP contribution in [0.5, 0.6) is 0 Å². The molecule has 19 heavy (non-hydrogen) atoms. The Morgan fingerprint density at radius 2 is 2.16 bits per heavy atom. The molecule has 0 spiro atoms. The van der Waals surface area contributed by atoms with Crippen LogP contribution in [0, 0.1) is 0 Å². The number of carboxylic acid groups (broad SMARTS) is 1. The van der Waals surface area contributed by atoms with Crippen molar-refractivity contribution in [3.05, 3.63) is 24.2 Å². The number of carboxylic acids is 1. The van der Waals surface area contributed by atoms with Gasteiger partial charge in [-0.2, -0.15) is 0 Å². The first-order valence-electron chi connectivity index (χ1n) is 6.07. The molecule has 1 aromatic heterocycles. The normalized spacial score (nSPS) is 11.1.